The first kappa shape index (κ1) is 11.8. The zero-order valence-electron chi connectivity index (χ0n) is 9.48. The van der Waals surface area contributed by atoms with Gasteiger partial charge in [-0.05, 0) is 35.9 Å². The number of hydrogen-bond acceptors (Lipinski definition) is 1. The molecule has 2 aromatic carbocycles. The van der Waals surface area contributed by atoms with E-state index < -0.39 is 10.9 Å². The number of halogens is 2. The Morgan fingerprint density at radius 2 is 1.89 bits per heavy atom. The van der Waals surface area contributed by atoms with Crippen LogP contribution in [0, 0.1) is 5.82 Å². The number of benzene rings is 2. The van der Waals surface area contributed by atoms with Crippen LogP contribution in [0.1, 0.15) is 5.56 Å². The van der Waals surface area contributed by atoms with Gasteiger partial charge in [0.15, 0.2) is 0 Å². The van der Waals surface area contributed by atoms with Crippen molar-refractivity contribution in [1.29, 1.82) is 0 Å². The molecule has 0 amide bonds. The second-order valence-corrected chi connectivity index (χ2v) is 6.54. The molecule has 0 aromatic heterocycles. The normalized spacial score (nSPS) is 18.9. The first-order chi connectivity index (χ1) is 8.72. The van der Waals surface area contributed by atoms with Crippen LogP contribution >= 0.6 is 22.5 Å². The van der Waals surface area contributed by atoms with Gasteiger partial charge in [0.2, 0.25) is 0 Å². The van der Waals surface area contributed by atoms with Crippen molar-refractivity contribution >= 4 is 33.7 Å². The Morgan fingerprint density at radius 3 is 2.67 bits per heavy atom. The molecule has 0 N–H and O–H groups in total. The molecule has 0 saturated carbocycles. The van der Waals surface area contributed by atoms with Crippen LogP contribution in [0.5, 0.6) is 0 Å². The average Bonchev–Trinajstić information content (AvgIpc) is 2.75. The first-order valence-electron chi connectivity index (χ1n) is 5.57. The van der Waals surface area contributed by atoms with Crippen molar-refractivity contribution in [2.24, 2.45) is 4.99 Å². The summed E-state index contributed by atoms with van der Waals surface area (Å²) in [6.45, 7) is 0. The lowest BCUT2D eigenvalue weighted by Gasteiger charge is -2.14. The molecule has 1 heterocycles. The second kappa shape index (κ2) is 4.75. The van der Waals surface area contributed by atoms with E-state index in [-0.39, 0.29) is 5.82 Å². The molecule has 0 aliphatic carbocycles. The second-order valence-electron chi connectivity index (χ2n) is 4.13. The lowest BCUT2D eigenvalue weighted by molar-refractivity contribution is 0.627. The van der Waals surface area contributed by atoms with Crippen molar-refractivity contribution in [3.05, 3.63) is 58.9 Å². The Kier molecular flexibility index (Phi) is 3.10. The molecule has 1 aliphatic rings. The predicted octanol–water partition coefficient (Wildman–Crippen LogP) is 4.71. The number of hydrogen-bond donors (Lipinski definition) is 1. The maximum Gasteiger partial charge on any atom is 0.123 e. The van der Waals surface area contributed by atoms with E-state index in [1.54, 1.807) is 0 Å². The molecule has 0 bridgehead atoms. The van der Waals surface area contributed by atoms with Gasteiger partial charge in [0.25, 0.3) is 0 Å². The lowest BCUT2D eigenvalue weighted by atomic mass is 10.2. The third kappa shape index (κ3) is 2.28. The monoisotopic (exact) mass is 279 g/mol. The molecule has 0 spiro atoms. The summed E-state index contributed by atoms with van der Waals surface area (Å²) in [5.74, 6) is 0.682. The van der Waals surface area contributed by atoms with Crippen LogP contribution in [0.25, 0.3) is 0 Å². The summed E-state index contributed by atoms with van der Waals surface area (Å²) in [5, 5.41) is 0.742. The maximum atomic E-state index is 12.9. The van der Waals surface area contributed by atoms with E-state index in [1.807, 2.05) is 35.9 Å². The molecule has 3 rings (SSSR count). The molecule has 0 saturated heterocycles. The third-order valence-electron chi connectivity index (χ3n) is 2.85. The van der Waals surface area contributed by atoms with Crippen LogP contribution in [0.2, 0.25) is 5.02 Å². The van der Waals surface area contributed by atoms with Crippen LogP contribution < -0.4 is 0 Å². The maximum absolute atomic E-state index is 12.9. The smallest absolute Gasteiger partial charge is 0.123 e. The van der Waals surface area contributed by atoms with Crippen molar-refractivity contribution in [2.45, 2.75) is 10.6 Å². The number of nitrogens with zero attached hydrogens (tertiary/aromatic N) is 1. The summed E-state index contributed by atoms with van der Waals surface area (Å²) >= 11 is 6.02. The van der Waals surface area contributed by atoms with Gasteiger partial charge in [0.1, 0.15) is 5.82 Å². The van der Waals surface area contributed by atoms with Gasteiger partial charge in [-0.2, -0.15) is 10.9 Å². The largest absolute Gasteiger partial charge is 0.250 e. The summed E-state index contributed by atoms with van der Waals surface area (Å²) in [6, 6.07) is 12.4. The van der Waals surface area contributed by atoms with E-state index in [0.29, 0.717) is 0 Å². The molecule has 2 aromatic rings. The fourth-order valence-corrected chi connectivity index (χ4v) is 4.17. The molecule has 18 heavy (non-hydrogen) atoms. The van der Waals surface area contributed by atoms with Crippen molar-refractivity contribution in [1.82, 2.24) is 0 Å². The van der Waals surface area contributed by atoms with Gasteiger partial charge in [-0.15, -0.1) is 0 Å². The van der Waals surface area contributed by atoms with Gasteiger partial charge < -0.3 is 0 Å². The molecule has 1 nitrogen and oxygen atoms in total. The minimum Gasteiger partial charge on any atom is -0.250 e. The fourth-order valence-electron chi connectivity index (χ4n) is 1.94. The molecule has 1 aliphatic heterocycles. The zero-order chi connectivity index (χ0) is 12.5. The molecule has 1 atom stereocenters. The van der Waals surface area contributed by atoms with Crippen LogP contribution in [0.4, 0.5) is 10.1 Å². The Bertz CT molecular complexity index is 610. The summed E-state index contributed by atoms with van der Waals surface area (Å²) in [5.41, 5.74) is 4.13. The molecule has 0 radical (unpaired) electrons. The third-order valence-corrected chi connectivity index (χ3v) is 5.16. The molecular formula is C14H11ClFNS. The Morgan fingerprint density at radius 1 is 1.11 bits per heavy atom. The van der Waals surface area contributed by atoms with Crippen molar-refractivity contribution in [3.8, 4) is 0 Å². The van der Waals surface area contributed by atoms with Gasteiger partial charge in [0, 0.05) is 21.2 Å². The van der Waals surface area contributed by atoms with Gasteiger partial charge in [-0.3, -0.25) is 4.99 Å². The highest BCUT2D eigenvalue weighted by Crippen LogP contribution is 2.48. The van der Waals surface area contributed by atoms with Gasteiger partial charge in [-0.1, -0.05) is 23.7 Å². The van der Waals surface area contributed by atoms with E-state index in [1.165, 1.54) is 17.0 Å². The number of aliphatic imine (C=N–C) groups is 1. The Balaban J connectivity index is 1.86. The van der Waals surface area contributed by atoms with Crippen LogP contribution in [-0.2, 0) is 5.75 Å². The average molecular weight is 280 g/mol. The minimum absolute atomic E-state index is 0.199. The molecule has 4 heteroatoms. The molecular weight excluding hydrogens is 269 g/mol. The quantitative estimate of drug-likeness (QED) is 0.764. The highest BCUT2D eigenvalue weighted by molar-refractivity contribution is 8.28. The molecule has 1 unspecified atom stereocenters. The minimum atomic E-state index is -0.462. The summed E-state index contributed by atoms with van der Waals surface area (Å²) in [6.07, 6.45) is 0. The number of rotatable bonds is 2. The van der Waals surface area contributed by atoms with Crippen LogP contribution in [0.15, 0.2) is 52.4 Å². The first-order valence-corrected chi connectivity index (χ1v) is 7.54. The number of thiol groups is 1. The highest BCUT2D eigenvalue weighted by atomic mass is 35.5. The van der Waals surface area contributed by atoms with Crippen molar-refractivity contribution < 1.29 is 4.39 Å². The SMILES string of the molecule is Fc1ccc(C[SH]2C=Nc3ccc(Cl)cc32)cc1. The van der Waals surface area contributed by atoms with Gasteiger partial charge in [0.05, 0.1) is 5.69 Å². The number of fused-ring (bicyclic) bond motifs is 1. The van der Waals surface area contributed by atoms with Gasteiger partial charge in [-0.25, -0.2) is 4.39 Å². The van der Waals surface area contributed by atoms with Crippen LogP contribution in [0.3, 0.4) is 0 Å². The van der Waals surface area contributed by atoms with Gasteiger partial charge >= 0.3 is 0 Å². The summed E-state index contributed by atoms with van der Waals surface area (Å²) in [4.78, 5) is 5.62. The Hall–Kier alpha value is -1.32. The van der Waals surface area contributed by atoms with Crippen LogP contribution in [-0.4, -0.2) is 5.55 Å². The van der Waals surface area contributed by atoms with E-state index in [4.69, 9.17) is 11.6 Å². The van der Waals surface area contributed by atoms with Crippen molar-refractivity contribution in [2.75, 3.05) is 0 Å². The predicted molar refractivity (Wildman–Crippen MR) is 77.0 cm³/mol. The van der Waals surface area contributed by atoms with E-state index in [9.17, 15) is 4.39 Å². The zero-order valence-corrected chi connectivity index (χ0v) is 11.1. The highest BCUT2D eigenvalue weighted by Gasteiger charge is 2.16. The molecule has 0 fully saturated rings. The Labute approximate surface area is 113 Å². The van der Waals surface area contributed by atoms with E-state index in [2.05, 4.69) is 4.99 Å². The van der Waals surface area contributed by atoms with E-state index in [0.717, 1.165) is 22.0 Å². The molecule has 92 valence electrons. The standard InChI is InChI=1S/C14H11ClFNS/c15-11-3-6-13-14(7-11)18(9-17-13)8-10-1-4-12(16)5-2-10/h1-7,9,18H,8H2. The van der Waals surface area contributed by atoms with E-state index >= 15 is 0 Å². The summed E-state index contributed by atoms with van der Waals surface area (Å²) < 4.78 is 12.9. The van der Waals surface area contributed by atoms with Crippen molar-refractivity contribution in [3.63, 3.8) is 0 Å². The summed E-state index contributed by atoms with van der Waals surface area (Å²) in [7, 11) is -0.462. The fraction of sp³-hybridized carbons (Fsp3) is 0.0714. The lowest BCUT2D eigenvalue weighted by Crippen LogP contribution is -1.88. The topological polar surface area (TPSA) is 12.4 Å².